The quantitative estimate of drug-likeness (QED) is 0.434. The largest absolute Gasteiger partial charge is 0.203 e. The van der Waals surface area contributed by atoms with Crippen LogP contribution in [-0.2, 0) is 6.42 Å². The van der Waals surface area contributed by atoms with E-state index in [1.165, 1.54) is 0 Å². The minimum Gasteiger partial charge on any atom is -0.203 e. The summed E-state index contributed by atoms with van der Waals surface area (Å²) in [5, 5.41) is 0. The van der Waals surface area contributed by atoms with Crippen molar-refractivity contribution in [2.24, 2.45) is 0 Å². The summed E-state index contributed by atoms with van der Waals surface area (Å²) in [4.78, 5) is 0. The molecule has 0 atom stereocenters. The zero-order valence-electron chi connectivity index (χ0n) is 7.30. The summed E-state index contributed by atoms with van der Waals surface area (Å²) >= 11 is 2.44. The highest BCUT2D eigenvalue weighted by Crippen LogP contribution is 2.28. The van der Waals surface area contributed by atoms with E-state index in [9.17, 15) is 17.6 Å². The van der Waals surface area contributed by atoms with Gasteiger partial charge in [0.2, 0.25) is 0 Å². The Labute approximate surface area is 87.1 Å². The third kappa shape index (κ3) is 1.78. The first kappa shape index (κ1) is 11.5. The smallest absolute Gasteiger partial charge is 0.176 e. The molecule has 1 rings (SSSR count). The minimum atomic E-state index is -1.38. The molecule has 0 nitrogen and oxygen atoms in total. The molecule has 0 saturated heterocycles. The minimum absolute atomic E-state index is 0.0290. The van der Waals surface area contributed by atoms with Crippen molar-refractivity contribution in [3.05, 3.63) is 33.3 Å². The van der Waals surface area contributed by atoms with Gasteiger partial charge in [0, 0.05) is 5.56 Å². The number of benzene rings is 1. The van der Waals surface area contributed by atoms with Crippen LogP contribution in [0.25, 0.3) is 0 Å². The van der Waals surface area contributed by atoms with E-state index in [2.05, 4.69) is 15.9 Å². The van der Waals surface area contributed by atoms with Gasteiger partial charge >= 0.3 is 0 Å². The highest BCUT2D eigenvalue weighted by molar-refractivity contribution is 9.10. The molecule has 0 fully saturated rings. The van der Waals surface area contributed by atoms with Crippen LogP contribution in [0, 0.1) is 23.3 Å². The molecule has 1 aromatic rings. The molecular formula is C9H7BrF4. The molecule has 1 aromatic carbocycles. The van der Waals surface area contributed by atoms with E-state index >= 15 is 0 Å². The van der Waals surface area contributed by atoms with Crippen molar-refractivity contribution in [3.8, 4) is 0 Å². The molecule has 0 spiro atoms. The first-order valence-electron chi connectivity index (χ1n) is 4.01. The van der Waals surface area contributed by atoms with Gasteiger partial charge in [-0.2, -0.15) is 0 Å². The van der Waals surface area contributed by atoms with E-state index in [-0.39, 0.29) is 6.42 Å². The Morgan fingerprint density at radius 3 is 1.71 bits per heavy atom. The van der Waals surface area contributed by atoms with E-state index in [0.717, 1.165) is 0 Å². The first-order chi connectivity index (χ1) is 6.50. The average Bonchev–Trinajstić information content (AvgIpc) is 2.19. The van der Waals surface area contributed by atoms with Gasteiger partial charge in [-0.1, -0.05) is 13.3 Å². The zero-order chi connectivity index (χ0) is 10.9. The summed E-state index contributed by atoms with van der Waals surface area (Å²) in [7, 11) is 0. The third-order valence-corrected chi connectivity index (χ3v) is 2.50. The van der Waals surface area contributed by atoms with Gasteiger partial charge in [0.25, 0.3) is 0 Å². The van der Waals surface area contributed by atoms with Crippen LogP contribution in [0.15, 0.2) is 4.47 Å². The van der Waals surface area contributed by atoms with Crippen molar-refractivity contribution in [1.82, 2.24) is 0 Å². The molecule has 78 valence electrons. The predicted octanol–water partition coefficient (Wildman–Crippen LogP) is 3.96. The van der Waals surface area contributed by atoms with E-state index in [1.54, 1.807) is 6.92 Å². The van der Waals surface area contributed by atoms with Crippen molar-refractivity contribution in [2.75, 3.05) is 0 Å². The standard InChI is InChI=1S/C9H7BrF4/c1-2-3-4-6(11)8(13)5(10)9(14)7(4)12/h2-3H2,1H3. The molecule has 0 saturated carbocycles. The van der Waals surface area contributed by atoms with Crippen LogP contribution in [0.5, 0.6) is 0 Å². The molecule has 0 N–H and O–H groups in total. The molecular weight excluding hydrogens is 264 g/mol. The SMILES string of the molecule is CCCc1c(F)c(F)c(Br)c(F)c1F. The lowest BCUT2D eigenvalue weighted by molar-refractivity contribution is 0.431. The Balaban J connectivity index is 3.43. The lowest BCUT2D eigenvalue weighted by Crippen LogP contribution is -2.04. The number of hydrogen-bond donors (Lipinski definition) is 0. The fourth-order valence-electron chi connectivity index (χ4n) is 1.12. The number of halogens is 5. The molecule has 0 bridgehead atoms. The fraction of sp³-hybridized carbons (Fsp3) is 0.333. The predicted molar refractivity (Wildman–Crippen MR) is 48.0 cm³/mol. The molecule has 0 radical (unpaired) electrons. The van der Waals surface area contributed by atoms with Crippen molar-refractivity contribution in [1.29, 1.82) is 0 Å². The van der Waals surface area contributed by atoms with Crippen LogP contribution in [0.2, 0.25) is 0 Å². The van der Waals surface area contributed by atoms with E-state index < -0.39 is 33.3 Å². The Hall–Kier alpha value is -0.580. The summed E-state index contributed by atoms with van der Waals surface area (Å²) in [5.74, 6) is -5.41. The Morgan fingerprint density at radius 2 is 1.36 bits per heavy atom. The normalized spacial score (nSPS) is 10.7. The molecule has 14 heavy (non-hydrogen) atoms. The lowest BCUT2D eigenvalue weighted by atomic mass is 10.1. The van der Waals surface area contributed by atoms with E-state index in [1.807, 2.05) is 0 Å². The van der Waals surface area contributed by atoms with Crippen LogP contribution in [0.4, 0.5) is 17.6 Å². The van der Waals surface area contributed by atoms with Gasteiger partial charge < -0.3 is 0 Å². The summed E-state index contributed by atoms with van der Waals surface area (Å²) in [6.45, 7) is 1.66. The maximum Gasteiger partial charge on any atom is 0.176 e. The summed E-state index contributed by atoms with van der Waals surface area (Å²) in [5.41, 5.74) is -0.536. The van der Waals surface area contributed by atoms with Crippen molar-refractivity contribution < 1.29 is 17.6 Å². The van der Waals surface area contributed by atoms with Gasteiger partial charge in [-0.3, -0.25) is 0 Å². The monoisotopic (exact) mass is 270 g/mol. The number of rotatable bonds is 2. The first-order valence-corrected chi connectivity index (χ1v) is 4.80. The lowest BCUT2D eigenvalue weighted by Gasteiger charge is -2.07. The van der Waals surface area contributed by atoms with Gasteiger partial charge in [-0.25, -0.2) is 17.6 Å². The van der Waals surface area contributed by atoms with Gasteiger partial charge in [0.05, 0.1) is 4.47 Å². The van der Waals surface area contributed by atoms with Gasteiger partial charge in [0.1, 0.15) is 0 Å². The van der Waals surface area contributed by atoms with Crippen LogP contribution < -0.4 is 0 Å². The second-order valence-electron chi connectivity index (χ2n) is 2.80. The Kier molecular flexibility index (Phi) is 3.53. The third-order valence-electron chi connectivity index (χ3n) is 1.80. The van der Waals surface area contributed by atoms with E-state index in [0.29, 0.717) is 6.42 Å². The van der Waals surface area contributed by atoms with E-state index in [4.69, 9.17) is 0 Å². The van der Waals surface area contributed by atoms with Gasteiger partial charge in [-0.05, 0) is 22.4 Å². The molecule has 0 aliphatic rings. The molecule has 5 heteroatoms. The number of hydrogen-bond acceptors (Lipinski definition) is 0. The zero-order valence-corrected chi connectivity index (χ0v) is 8.89. The molecule has 0 amide bonds. The maximum atomic E-state index is 13.1. The van der Waals surface area contributed by atoms with Crippen molar-refractivity contribution in [3.63, 3.8) is 0 Å². The molecule has 0 heterocycles. The van der Waals surface area contributed by atoms with Crippen molar-refractivity contribution in [2.45, 2.75) is 19.8 Å². The molecule has 0 aliphatic heterocycles. The van der Waals surface area contributed by atoms with Crippen LogP contribution in [0.3, 0.4) is 0 Å². The second kappa shape index (κ2) is 4.29. The Morgan fingerprint density at radius 1 is 0.929 bits per heavy atom. The van der Waals surface area contributed by atoms with Crippen LogP contribution in [-0.4, -0.2) is 0 Å². The summed E-state index contributed by atoms with van der Waals surface area (Å²) in [6.07, 6.45) is 0.382. The Bertz CT molecular complexity index is 333. The van der Waals surface area contributed by atoms with Gasteiger partial charge in [-0.15, -0.1) is 0 Å². The topological polar surface area (TPSA) is 0 Å². The fourth-order valence-corrected chi connectivity index (χ4v) is 1.47. The molecule has 0 aliphatic carbocycles. The highest BCUT2D eigenvalue weighted by atomic mass is 79.9. The van der Waals surface area contributed by atoms with Crippen LogP contribution >= 0.6 is 15.9 Å². The maximum absolute atomic E-state index is 13.1. The molecule has 0 aromatic heterocycles. The summed E-state index contributed by atoms with van der Waals surface area (Å²) in [6, 6.07) is 0. The molecule has 0 unspecified atom stereocenters. The van der Waals surface area contributed by atoms with Gasteiger partial charge in [0.15, 0.2) is 23.3 Å². The summed E-state index contributed by atoms with van der Waals surface area (Å²) < 4.78 is 51.2. The van der Waals surface area contributed by atoms with Crippen LogP contribution in [0.1, 0.15) is 18.9 Å². The average molecular weight is 271 g/mol. The highest BCUT2D eigenvalue weighted by Gasteiger charge is 2.22. The van der Waals surface area contributed by atoms with Crippen molar-refractivity contribution >= 4 is 15.9 Å². The second-order valence-corrected chi connectivity index (χ2v) is 3.59.